The van der Waals surface area contributed by atoms with Crippen LogP contribution >= 0.6 is 0 Å². The first-order valence-electron chi connectivity index (χ1n) is 9.65. The number of benzene rings is 1. The molecule has 0 saturated carbocycles. The summed E-state index contributed by atoms with van der Waals surface area (Å²) < 4.78 is 5.65. The van der Waals surface area contributed by atoms with Crippen LogP contribution in [0.3, 0.4) is 0 Å². The molecule has 2 heterocycles. The molecule has 2 aromatic rings. The fourth-order valence-corrected chi connectivity index (χ4v) is 3.70. The summed E-state index contributed by atoms with van der Waals surface area (Å²) in [5.41, 5.74) is 0.325. The first kappa shape index (κ1) is 20.1. The van der Waals surface area contributed by atoms with E-state index in [9.17, 15) is 19.5 Å². The van der Waals surface area contributed by atoms with Gasteiger partial charge in [0.15, 0.2) is 17.3 Å². The van der Waals surface area contributed by atoms with Gasteiger partial charge in [0.1, 0.15) is 11.5 Å². The van der Waals surface area contributed by atoms with Gasteiger partial charge in [-0.3, -0.25) is 14.4 Å². The number of aromatic hydroxyl groups is 1. The number of phenolic OH excluding ortho intramolecular Hbond substituents is 1. The monoisotopic (exact) mass is 386 g/mol. The van der Waals surface area contributed by atoms with Crippen molar-refractivity contribution in [2.24, 2.45) is 0 Å². The molecule has 150 valence electrons. The van der Waals surface area contributed by atoms with Crippen molar-refractivity contribution in [3.8, 4) is 5.75 Å². The normalized spacial score (nSPS) is 14.9. The average molecular weight is 386 g/mol. The number of nitrogens with zero attached hydrogens (tertiary/aromatic N) is 1. The fraction of sp³-hybridized carbons (Fsp3) is 0.476. The lowest BCUT2D eigenvalue weighted by molar-refractivity contribution is -0.120. The largest absolute Gasteiger partial charge is 0.507 e. The van der Waals surface area contributed by atoms with E-state index < -0.39 is 0 Å². The molecule has 0 bridgehead atoms. The summed E-state index contributed by atoms with van der Waals surface area (Å²) in [6, 6.07) is 1.49. The minimum absolute atomic E-state index is 0.0484. The van der Waals surface area contributed by atoms with Crippen LogP contribution in [0.5, 0.6) is 5.75 Å². The SMILES string of the molecule is Cc1cc2c(=O)c(CC(=O)NCCN3CCCCC3)c(C)oc2c(C=O)c1O. The third-order valence-corrected chi connectivity index (χ3v) is 5.33. The molecule has 0 radical (unpaired) electrons. The molecule has 2 N–H and O–H groups in total. The highest BCUT2D eigenvalue weighted by Gasteiger charge is 2.20. The van der Waals surface area contributed by atoms with Gasteiger partial charge < -0.3 is 19.7 Å². The first-order valence-corrected chi connectivity index (χ1v) is 9.65. The Morgan fingerprint density at radius 2 is 2.00 bits per heavy atom. The van der Waals surface area contributed by atoms with E-state index in [-0.39, 0.29) is 51.4 Å². The van der Waals surface area contributed by atoms with Crippen molar-refractivity contribution < 1.29 is 19.1 Å². The molecule has 1 aliphatic rings. The summed E-state index contributed by atoms with van der Waals surface area (Å²) in [4.78, 5) is 38.9. The Hall–Kier alpha value is -2.67. The van der Waals surface area contributed by atoms with Gasteiger partial charge >= 0.3 is 0 Å². The fourth-order valence-electron chi connectivity index (χ4n) is 3.70. The van der Waals surface area contributed by atoms with Gasteiger partial charge in [-0.1, -0.05) is 6.42 Å². The minimum Gasteiger partial charge on any atom is -0.507 e. The standard InChI is InChI=1S/C21H26N2O5/c1-13-10-16-20(27)15(14(2)28-21(16)17(12-24)19(13)26)11-18(25)22-6-9-23-7-4-3-5-8-23/h10,12,26H,3-9,11H2,1-2H3,(H,22,25). The average Bonchev–Trinajstić information content (AvgIpc) is 2.68. The van der Waals surface area contributed by atoms with Crippen LogP contribution in [-0.4, -0.2) is 48.4 Å². The molecule has 7 nitrogen and oxygen atoms in total. The summed E-state index contributed by atoms with van der Waals surface area (Å²) in [5, 5.41) is 13.1. The zero-order valence-corrected chi connectivity index (χ0v) is 16.3. The number of aldehydes is 1. The second kappa shape index (κ2) is 8.56. The quantitative estimate of drug-likeness (QED) is 0.738. The molecule has 1 aromatic carbocycles. The van der Waals surface area contributed by atoms with Gasteiger partial charge in [-0.25, -0.2) is 0 Å². The van der Waals surface area contributed by atoms with Crippen molar-refractivity contribution >= 4 is 23.2 Å². The number of hydrogen-bond donors (Lipinski definition) is 2. The van der Waals surface area contributed by atoms with Crippen molar-refractivity contribution in [3.05, 3.63) is 38.7 Å². The van der Waals surface area contributed by atoms with Gasteiger partial charge in [0.05, 0.1) is 17.4 Å². The van der Waals surface area contributed by atoms with E-state index in [2.05, 4.69) is 10.2 Å². The highest BCUT2D eigenvalue weighted by atomic mass is 16.3. The van der Waals surface area contributed by atoms with Gasteiger partial charge in [-0.15, -0.1) is 0 Å². The van der Waals surface area contributed by atoms with Crippen molar-refractivity contribution in [2.45, 2.75) is 39.5 Å². The third-order valence-electron chi connectivity index (χ3n) is 5.33. The summed E-state index contributed by atoms with van der Waals surface area (Å²) in [5.74, 6) is -0.166. The summed E-state index contributed by atoms with van der Waals surface area (Å²) in [6.45, 7) is 6.66. The molecule has 7 heteroatoms. The Balaban J connectivity index is 1.77. The lowest BCUT2D eigenvalue weighted by Gasteiger charge is -2.26. The Kier molecular flexibility index (Phi) is 6.14. The van der Waals surface area contributed by atoms with Gasteiger partial charge in [-0.2, -0.15) is 0 Å². The molecule has 0 aliphatic carbocycles. The smallest absolute Gasteiger partial charge is 0.224 e. The van der Waals surface area contributed by atoms with E-state index in [0.29, 0.717) is 18.4 Å². The minimum atomic E-state index is -0.351. The number of likely N-dealkylation sites (tertiary alicyclic amines) is 1. The maximum atomic E-state index is 12.9. The zero-order valence-electron chi connectivity index (χ0n) is 16.3. The summed E-state index contributed by atoms with van der Waals surface area (Å²) in [6.07, 6.45) is 4.05. The number of nitrogens with one attached hydrogen (secondary N) is 1. The van der Waals surface area contributed by atoms with Crippen molar-refractivity contribution in [1.82, 2.24) is 10.2 Å². The topological polar surface area (TPSA) is 99.9 Å². The van der Waals surface area contributed by atoms with Gasteiger partial charge in [0, 0.05) is 18.7 Å². The van der Waals surface area contributed by atoms with Gasteiger partial charge in [0.25, 0.3) is 0 Å². The maximum Gasteiger partial charge on any atom is 0.224 e. The molecule has 1 aliphatic heterocycles. The Bertz CT molecular complexity index is 958. The molecule has 1 aromatic heterocycles. The lowest BCUT2D eigenvalue weighted by Crippen LogP contribution is -2.38. The van der Waals surface area contributed by atoms with Gasteiger partial charge in [-0.05, 0) is 51.4 Å². The van der Waals surface area contributed by atoms with Crippen LogP contribution < -0.4 is 10.7 Å². The predicted octanol–water partition coefficient (Wildman–Crippen LogP) is 2.07. The molecular weight excluding hydrogens is 360 g/mol. The molecule has 1 saturated heterocycles. The number of hydrogen-bond acceptors (Lipinski definition) is 6. The van der Waals surface area contributed by atoms with Crippen molar-refractivity contribution in [2.75, 3.05) is 26.2 Å². The van der Waals surface area contributed by atoms with Crippen LogP contribution in [0.15, 0.2) is 15.3 Å². The number of fused-ring (bicyclic) bond motifs is 1. The number of carbonyl (C=O) groups excluding carboxylic acids is 2. The first-order chi connectivity index (χ1) is 13.4. The summed E-state index contributed by atoms with van der Waals surface area (Å²) >= 11 is 0. The molecule has 0 unspecified atom stereocenters. The molecule has 0 spiro atoms. The third kappa shape index (κ3) is 4.09. The van der Waals surface area contributed by atoms with Crippen LogP contribution in [0, 0.1) is 13.8 Å². The van der Waals surface area contributed by atoms with Gasteiger partial charge in [0.2, 0.25) is 5.91 Å². The molecule has 3 rings (SSSR count). The Labute approximate surface area is 163 Å². The maximum absolute atomic E-state index is 12.9. The second-order valence-corrected chi connectivity index (χ2v) is 7.35. The number of piperidine rings is 1. The van der Waals surface area contributed by atoms with Crippen LogP contribution in [0.2, 0.25) is 0 Å². The summed E-state index contributed by atoms with van der Waals surface area (Å²) in [7, 11) is 0. The zero-order chi connectivity index (χ0) is 20.3. The van der Waals surface area contributed by atoms with E-state index >= 15 is 0 Å². The molecule has 0 atom stereocenters. The second-order valence-electron chi connectivity index (χ2n) is 7.35. The van der Waals surface area contributed by atoms with Crippen molar-refractivity contribution in [1.29, 1.82) is 0 Å². The van der Waals surface area contributed by atoms with Crippen LogP contribution in [0.25, 0.3) is 11.0 Å². The Morgan fingerprint density at radius 3 is 2.68 bits per heavy atom. The van der Waals surface area contributed by atoms with Crippen LogP contribution in [0.4, 0.5) is 0 Å². The number of rotatable bonds is 6. The molecule has 1 amide bonds. The van der Waals surface area contributed by atoms with E-state index in [1.165, 1.54) is 25.3 Å². The molecule has 28 heavy (non-hydrogen) atoms. The van der Waals surface area contributed by atoms with E-state index in [1.807, 2.05) is 0 Å². The van der Waals surface area contributed by atoms with Crippen LogP contribution in [-0.2, 0) is 11.2 Å². The number of aryl methyl sites for hydroxylation is 2. The molecule has 1 fully saturated rings. The van der Waals surface area contributed by atoms with Crippen LogP contribution in [0.1, 0.15) is 46.5 Å². The van der Waals surface area contributed by atoms with Crippen molar-refractivity contribution in [3.63, 3.8) is 0 Å². The highest BCUT2D eigenvalue weighted by Crippen LogP contribution is 2.29. The lowest BCUT2D eigenvalue weighted by atomic mass is 10.0. The number of carbonyl (C=O) groups is 2. The molecular formula is C21H26N2O5. The van der Waals surface area contributed by atoms with E-state index in [0.717, 1.165) is 19.6 Å². The predicted molar refractivity (Wildman–Crippen MR) is 106 cm³/mol. The highest BCUT2D eigenvalue weighted by molar-refractivity contribution is 5.98. The van der Waals surface area contributed by atoms with E-state index in [1.54, 1.807) is 13.8 Å². The Morgan fingerprint density at radius 1 is 1.29 bits per heavy atom. The van der Waals surface area contributed by atoms with E-state index in [4.69, 9.17) is 4.42 Å². The number of amides is 1. The number of phenols is 1.